The van der Waals surface area contributed by atoms with Crippen molar-refractivity contribution in [2.24, 2.45) is 0 Å². The third-order valence-electron chi connectivity index (χ3n) is 2.83. The van der Waals surface area contributed by atoms with Crippen molar-refractivity contribution in [2.75, 3.05) is 5.32 Å². The SMILES string of the molecule is CC(=O)Nc1cc(C(=O)OCc2ccccc2F)ccc1F. The number of esters is 1. The van der Waals surface area contributed by atoms with E-state index in [1.807, 2.05) is 0 Å². The number of ether oxygens (including phenoxy) is 1. The second-order valence-corrected chi connectivity index (χ2v) is 4.54. The topological polar surface area (TPSA) is 55.4 Å². The molecular formula is C16H13F2NO3. The summed E-state index contributed by atoms with van der Waals surface area (Å²) in [6.45, 7) is 0.987. The zero-order chi connectivity index (χ0) is 16.1. The molecule has 2 aromatic rings. The van der Waals surface area contributed by atoms with Gasteiger partial charge in [0.05, 0.1) is 11.3 Å². The molecule has 22 heavy (non-hydrogen) atoms. The molecule has 6 heteroatoms. The van der Waals surface area contributed by atoms with Crippen molar-refractivity contribution >= 4 is 17.6 Å². The lowest BCUT2D eigenvalue weighted by Crippen LogP contribution is -2.10. The molecule has 0 fully saturated rings. The Balaban J connectivity index is 2.09. The summed E-state index contributed by atoms with van der Waals surface area (Å²) >= 11 is 0. The Labute approximate surface area is 125 Å². The maximum atomic E-state index is 13.5. The quantitative estimate of drug-likeness (QED) is 0.882. The number of nitrogens with one attached hydrogen (secondary N) is 1. The first-order valence-electron chi connectivity index (χ1n) is 6.45. The first-order chi connectivity index (χ1) is 10.5. The molecule has 114 valence electrons. The van der Waals surface area contributed by atoms with Crippen molar-refractivity contribution < 1.29 is 23.1 Å². The van der Waals surface area contributed by atoms with Crippen molar-refractivity contribution in [3.05, 3.63) is 65.2 Å². The number of rotatable bonds is 4. The van der Waals surface area contributed by atoms with E-state index in [1.165, 1.54) is 37.3 Å². The minimum absolute atomic E-state index is 0.0569. The van der Waals surface area contributed by atoms with Gasteiger partial charge in [-0.15, -0.1) is 0 Å². The summed E-state index contributed by atoms with van der Waals surface area (Å²) in [5.74, 6) is -2.35. The summed E-state index contributed by atoms with van der Waals surface area (Å²) in [4.78, 5) is 22.9. The summed E-state index contributed by atoms with van der Waals surface area (Å²) in [7, 11) is 0. The van der Waals surface area contributed by atoms with Crippen LogP contribution in [-0.2, 0) is 16.1 Å². The first-order valence-corrected chi connectivity index (χ1v) is 6.45. The Kier molecular flexibility index (Phi) is 4.83. The number of amides is 1. The number of hydrogen-bond acceptors (Lipinski definition) is 3. The van der Waals surface area contributed by atoms with Gasteiger partial charge in [-0.25, -0.2) is 13.6 Å². The fourth-order valence-electron chi connectivity index (χ4n) is 1.78. The molecule has 1 amide bonds. The van der Waals surface area contributed by atoms with Gasteiger partial charge in [0.2, 0.25) is 5.91 Å². The number of halogens is 2. The van der Waals surface area contributed by atoms with Gasteiger partial charge in [-0.2, -0.15) is 0 Å². The van der Waals surface area contributed by atoms with E-state index in [9.17, 15) is 18.4 Å². The Hall–Kier alpha value is -2.76. The summed E-state index contributed by atoms with van der Waals surface area (Å²) in [6.07, 6.45) is 0. The highest BCUT2D eigenvalue weighted by molar-refractivity contribution is 5.93. The molecule has 0 atom stereocenters. The third kappa shape index (κ3) is 3.88. The molecule has 0 aliphatic rings. The second kappa shape index (κ2) is 6.80. The normalized spacial score (nSPS) is 10.1. The van der Waals surface area contributed by atoms with Gasteiger partial charge in [0.25, 0.3) is 0 Å². The van der Waals surface area contributed by atoms with Crippen LogP contribution in [0.25, 0.3) is 0 Å². The van der Waals surface area contributed by atoms with Gasteiger partial charge in [-0.1, -0.05) is 18.2 Å². The molecule has 2 aromatic carbocycles. The molecule has 0 saturated heterocycles. The van der Waals surface area contributed by atoms with Crippen LogP contribution in [0.2, 0.25) is 0 Å². The smallest absolute Gasteiger partial charge is 0.338 e. The van der Waals surface area contributed by atoms with Crippen LogP contribution in [0.15, 0.2) is 42.5 Å². The lowest BCUT2D eigenvalue weighted by Gasteiger charge is -2.08. The molecule has 0 heterocycles. The van der Waals surface area contributed by atoms with Crippen LogP contribution >= 0.6 is 0 Å². The number of benzene rings is 2. The molecule has 0 aliphatic carbocycles. The Morgan fingerprint density at radius 2 is 1.82 bits per heavy atom. The summed E-state index contributed by atoms with van der Waals surface area (Å²) in [6, 6.07) is 9.35. The van der Waals surface area contributed by atoms with E-state index in [2.05, 4.69) is 5.32 Å². The van der Waals surface area contributed by atoms with Crippen molar-refractivity contribution in [2.45, 2.75) is 13.5 Å². The number of carbonyl (C=O) groups is 2. The lowest BCUT2D eigenvalue weighted by atomic mass is 10.2. The van der Waals surface area contributed by atoms with Crippen molar-refractivity contribution in [3.63, 3.8) is 0 Å². The molecule has 0 aliphatic heterocycles. The van der Waals surface area contributed by atoms with Crippen LogP contribution in [-0.4, -0.2) is 11.9 Å². The molecule has 4 nitrogen and oxygen atoms in total. The Morgan fingerprint density at radius 1 is 1.09 bits per heavy atom. The highest BCUT2D eigenvalue weighted by Gasteiger charge is 2.13. The van der Waals surface area contributed by atoms with Gasteiger partial charge in [0.1, 0.15) is 18.2 Å². The molecule has 2 rings (SSSR count). The minimum atomic E-state index is -0.741. The van der Waals surface area contributed by atoms with E-state index in [1.54, 1.807) is 6.07 Å². The summed E-state index contributed by atoms with van der Waals surface area (Å²) in [5, 5.41) is 2.27. The fourth-order valence-corrected chi connectivity index (χ4v) is 1.78. The van der Waals surface area contributed by atoms with E-state index < -0.39 is 23.5 Å². The van der Waals surface area contributed by atoms with Gasteiger partial charge in [-0.3, -0.25) is 4.79 Å². The average Bonchev–Trinajstić information content (AvgIpc) is 2.48. The largest absolute Gasteiger partial charge is 0.457 e. The van der Waals surface area contributed by atoms with Gasteiger partial charge >= 0.3 is 5.97 Å². The van der Waals surface area contributed by atoms with Crippen LogP contribution < -0.4 is 5.32 Å². The van der Waals surface area contributed by atoms with Crippen molar-refractivity contribution in [1.29, 1.82) is 0 Å². The zero-order valence-corrected chi connectivity index (χ0v) is 11.7. The van der Waals surface area contributed by atoms with E-state index in [-0.39, 0.29) is 23.4 Å². The minimum Gasteiger partial charge on any atom is -0.457 e. The van der Waals surface area contributed by atoms with E-state index in [0.717, 1.165) is 6.07 Å². The third-order valence-corrected chi connectivity index (χ3v) is 2.83. The van der Waals surface area contributed by atoms with Crippen LogP contribution in [0.5, 0.6) is 0 Å². The maximum Gasteiger partial charge on any atom is 0.338 e. The van der Waals surface area contributed by atoms with Crippen LogP contribution in [0, 0.1) is 11.6 Å². The molecule has 0 spiro atoms. The van der Waals surface area contributed by atoms with E-state index >= 15 is 0 Å². The van der Waals surface area contributed by atoms with Crippen LogP contribution in [0.3, 0.4) is 0 Å². The Morgan fingerprint density at radius 3 is 2.50 bits per heavy atom. The number of hydrogen-bond donors (Lipinski definition) is 1. The molecular weight excluding hydrogens is 292 g/mol. The monoisotopic (exact) mass is 305 g/mol. The molecule has 1 N–H and O–H groups in total. The van der Waals surface area contributed by atoms with Crippen molar-refractivity contribution in [3.8, 4) is 0 Å². The molecule has 0 aromatic heterocycles. The lowest BCUT2D eigenvalue weighted by molar-refractivity contribution is -0.114. The summed E-state index contributed by atoms with van der Waals surface area (Å²) < 4.78 is 31.9. The number of anilines is 1. The van der Waals surface area contributed by atoms with E-state index in [4.69, 9.17) is 4.74 Å². The predicted octanol–water partition coefficient (Wildman–Crippen LogP) is 3.28. The van der Waals surface area contributed by atoms with Crippen LogP contribution in [0.4, 0.5) is 14.5 Å². The van der Waals surface area contributed by atoms with Gasteiger partial charge < -0.3 is 10.1 Å². The van der Waals surface area contributed by atoms with Gasteiger partial charge in [0, 0.05) is 12.5 Å². The molecule has 0 saturated carbocycles. The van der Waals surface area contributed by atoms with Gasteiger partial charge in [-0.05, 0) is 24.3 Å². The average molecular weight is 305 g/mol. The molecule has 0 unspecified atom stereocenters. The first kappa shape index (κ1) is 15.6. The van der Waals surface area contributed by atoms with E-state index in [0.29, 0.717) is 0 Å². The second-order valence-electron chi connectivity index (χ2n) is 4.54. The standard InChI is InChI=1S/C16H13F2NO3/c1-10(20)19-15-8-11(6-7-14(15)18)16(21)22-9-12-4-2-3-5-13(12)17/h2-8H,9H2,1H3,(H,19,20). The Bertz CT molecular complexity index is 716. The zero-order valence-electron chi connectivity index (χ0n) is 11.7. The highest BCUT2D eigenvalue weighted by atomic mass is 19.1. The highest BCUT2D eigenvalue weighted by Crippen LogP contribution is 2.17. The van der Waals surface area contributed by atoms with Crippen LogP contribution in [0.1, 0.15) is 22.8 Å². The van der Waals surface area contributed by atoms with Crippen molar-refractivity contribution in [1.82, 2.24) is 0 Å². The fraction of sp³-hybridized carbons (Fsp3) is 0.125. The molecule has 0 radical (unpaired) electrons. The maximum absolute atomic E-state index is 13.5. The molecule has 0 bridgehead atoms. The predicted molar refractivity (Wildman–Crippen MR) is 76.2 cm³/mol. The van der Waals surface area contributed by atoms with Gasteiger partial charge in [0.15, 0.2) is 0 Å². The number of carbonyl (C=O) groups excluding carboxylic acids is 2. The summed E-state index contributed by atoms with van der Waals surface area (Å²) in [5.41, 5.74) is 0.175.